The van der Waals surface area contributed by atoms with E-state index in [0.29, 0.717) is 0 Å². The molecule has 1 heterocycles. The summed E-state index contributed by atoms with van der Waals surface area (Å²) in [6, 6.07) is 0. The summed E-state index contributed by atoms with van der Waals surface area (Å²) in [4.78, 5) is 6.73. The normalized spacial score (nSPS) is 17.8. The number of ether oxygens (including phenoxy) is 1. The maximum Gasteiger partial charge on any atom is 0.191 e. The van der Waals surface area contributed by atoms with Gasteiger partial charge >= 0.3 is 0 Å². The standard InChI is InChI=1S/C13H28N4O/c1-14-13(15-7-6-12-18-2)16-8-11-17-9-4-3-5-10-17/h3-12H2,1-2H3,(H2,14,15,16). The molecule has 0 aromatic carbocycles. The number of rotatable bonds is 7. The summed E-state index contributed by atoms with van der Waals surface area (Å²) in [5.74, 6) is 0.892. The van der Waals surface area contributed by atoms with Gasteiger partial charge in [-0.1, -0.05) is 6.42 Å². The fourth-order valence-electron chi connectivity index (χ4n) is 2.16. The van der Waals surface area contributed by atoms with Crippen molar-refractivity contribution in [3.63, 3.8) is 0 Å². The zero-order valence-electron chi connectivity index (χ0n) is 11.9. The van der Waals surface area contributed by atoms with Crippen LogP contribution in [0.5, 0.6) is 0 Å². The largest absolute Gasteiger partial charge is 0.385 e. The second kappa shape index (κ2) is 10.1. The van der Waals surface area contributed by atoms with Crippen LogP contribution in [0.3, 0.4) is 0 Å². The number of piperidine rings is 1. The molecule has 0 aromatic heterocycles. The summed E-state index contributed by atoms with van der Waals surface area (Å²) < 4.78 is 5.01. The lowest BCUT2D eigenvalue weighted by atomic mass is 10.1. The van der Waals surface area contributed by atoms with E-state index in [1.165, 1.54) is 32.4 Å². The number of guanidine groups is 1. The first-order valence-electron chi connectivity index (χ1n) is 7.02. The first-order valence-corrected chi connectivity index (χ1v) is 7.02. The number of nitrogens with zero attached hydrogens (tertiary/aromatic N) is 2. The quantitative estimate of drug-likeness (QED) is 0.399. The lowest BCUT2D eigenvalue weighted by Crippen LogP contribution is -2.43. The van der Waals surface area contributed by atoms with Crippen LogP contribution in [0, 0.1) is 0 Å². The van der Waals surface area contributed by atoms with Crippen LogP contribution < -0.4 is 10.6 Å². The number of aliphatic imine (C=N–C) groups is 1. The Kier molecular flexibility index (Phi) is 8.59. The van der Waals surface area contributed by atoms with Crippen LogP contribution in [-0.2, 0) is 4.74 Å². The molecule has 0 bridgehead atoms. The van der Waals surface area contributed by atoms with E-state index in [-0.39, 0.29) is 0 Å². The molecule has 2 N–H and O–H groups in total. The highest BCUT2D eigenvalue weighted by molar-refractivity contribution is 5.79. The zero-order valence-corrected chi connectivity index (χ0v) is 11.9. The molecule has 5 nitrogen and oxygen atoms in total. The van der Waals surface area contributed by atoms with E-state index in [1.807, 2.05) is 7.05 Å². The predicted molar refractivity (Wildman–Crippen MR) is 76.1 cm³/mol. The van der Waals surface area contributed by atoms with Crippen LogP contribution in [0.25, 0.3) is 0 Å². The fraction of sp³-hybridized carbons (Fsp3) is 0.923. The zero-order chi connectivity index (χ0) is 13.1. The van der Waals surface area contributed by atoms with Gasteiger partial charge in [-0.25, -0.2) is 0 Å². The summed E-state index contributed by atoms with van der Waals surface area (Å²) in [5.41, 5.74) is 0. The Morgan fingerprint density at radius 2 is 1.89 bits per heavy atom. The van der Waals surface area contributed by atoms with E-state index >= 15 is 0 Å². The number of likely N-dealkylation sites (tertiary alicyclic amines) is 1. The Morgan fingerprint density at radius 3 is 2.56 bits per heavy atom. The maximum atomic E-state index is 5.01. The fourth-order valence-corrected chi connectivity index (χ4v) is 2.16. The maximum absolute atomic E-state index is 5.01. The molecule has 0 aromatic rings. The summed E-state index contributed by atoms with van der Waals surface area (Å²) in [7, 11) is 3.54. The molecule has 0 atom stereocenters. The minimum absolute atomic E-state index is 0.789. The SMILES string of the molecule is CN=C(NCCCOC)NCCN1CCCCC1. The van der Waals surface area contributed by atoms with E-state index in [0.717, 1.165) is 38.6 Å². The van der Waals surface area contributed by atoms with E-state index in [2.05, 4.69) is 20.5 Å². The predicted octanol–water partition coefficient (Wildman–Crippen LogP) is 0.674. The van der Waals surface area contributed by atoms with Gasteiger partial charge in [-0.2, -0.15) is 0 Å². The number of hydrogen-bond donors (Lipinski definition) is 2. The van der Waals surface area contributed by atoms with Gasteiger partial charge in [-0.05, 0) is 32.4 Å². The Bertz CT molecular complexity index is 227. The van der Waals surface area contributed by atoms with E-state index in [9.17, 15) is 0 Å². The van der Waals surface area contributed by atoms with Gasteiger partial charge < -0.3 is 20.3 Å². The molecule has 18 heavy (non-hydrogen) atoms. The van der Waals surface area contributed by atoms with Gasteiger partial charge in [0, 0.05) is 40.4 Å². The van der Waals surface area contributed by atoms with E-state index in [4.69, 9.17) is 4.74 Å². The van der Waals surface area contributed by atoms with Crippen LogP contribution in [0.15, 0.2) is 4.99 Å². The van der Waals surface area contributed by atoms with E-state index < -0.39 is 0 Å². The third-order valence-electron chi connectivity index (χ3n) is 3.21. The molecule has 0 radical (unpaired) electrons. The molecule has 0 aliphatic carbocycles. The third-order valence-corrected chi connectivity index (χ3v) is 3.21. The van der Waals surface area contributed by atoms with Crippen molar-refractivity contribution in [1.82, 2.24) is 15.5 Å². The summed E-state index contributed by atoms with van der Waals surface area (Å²) >= 11 is 0. The van der Waals surface area contributed by atoms with Gasteiger partial charge in [0.05, 0.1) is 0 Å². The molecule has 0 amide bonds. The molecule has 1 aliphatic heterocycles. The summed E-state index contributed by atoms with van der Waals surface area (Å²) in [6.07, 6.45) is 5.10. The lowest BCUT2D eigenvalue weighted by Gasteiger charge is -2.26. The van der Waals surface area contributed by atoms with Gasteiger partial charge in [0.2, 0.25) is 0 Å². The average Bonchev–Trinajstić information content (AvgIpc) is 2.42. The highest BCUT2D eigenvalue weighted by Gasteiger charge is 2.09. The Labute approximate surface area is 111 Å². The number of methoxy groups -OCH3 is 1. The monoisotopic (exact) mass is 256 g/mol. The first kappa shape index (κ1) is 15.2. The van der Waals surface area contributed by atoms with Crippen molar-refractivity contribution in [1.29, 1.82) is 0 Å². The highest BCUT2D eigenvalue weighted by atomic mass is 16.5. The molecule has 106 valence electrons. The molecular weight excluding hydrogens is 228 g/mol. The molecule has 5 heteroatoms. The summed E-state index contributed by atoms with van der Waals surface area (Å²) in [6.45, 7) is 6.26. The second-order valence-corrected chi connectivity index (χ2v) is 4.67. The number of hydrogen-bond acceptors (Lipinski definition) is 3. The van der Waals surface area contributed by atoms with Crippen molar-refractivity contribution < 1.29 is 4.74 Å². The van der Waals surface area contributed by atoms with Gasteiger partial charge in [0.1, 0.15) is 0 Å². The van der Waals surface area contributed by atoms with Crippen molar-refractivity contribution in [2.24, 2.45) is 4.99 Å². The van der Waals surface area contributed by atoms with Crippen molar-refractivity contribution >= 4 is 5.96 Å². The van der Waals surface area contributed by atoms with Gasteiger partial charge in [-0.15, -0.1) is 0 Å². The molecule has 1 aliphatic rings. The topological polar surface area (TPSA) is 48.9 Å². The van der Waals surface area contributed by atoms with Gasteiger partial charge in [0.15, 0.2) is 5.96 Å². The molecular formula is C13H28N4O. The molecule has 1 rings (SSSR count). The molecule has 1 saturated heterocycles. The van der Waals surface area contributed by atoms with Crippen molar-refractivity contribution in [3.8, 4) is 0 Å². The molecule has 0 unspecified atom stereocenters. The van der Waals surface area contributed by atoms with Crippen molar-refractivity contribution in [3.05, 3.63) is 0 Å². The number of nitrogens with one attached hydrogen (secondary N) is 2. The Balaban J connectivity index is 2.04. The minimum Gasteiger partial charge on any atom is -0.385 e. The van der Waals surface area contributed by atoms with Crippen LogP contribution in [-0.4, -0.2) is 64.3 Å². The van der Waals surface area contributed by atoms with Gasteiger partial charge in [-0.3, -0.25) is 4.99 Å². The van der Waals surface area contributed by atoms with Crippen molar-refractivity contribution in [2.45, 2.75) is 25.7 Å². The Morgan fingerprint density at radius 1 is 1.17 bits per heavy atom. The van der Waals surface area contributed by atoms with Crippen LogP contribution in [0.1, 0.15) is 25.7 Å². The molecule has 1 fully saturated rings. The van der Waals surface area contributed by atoms with E-state index in [1.54, 1.807) is 7.11 Å². The Hall–Kier alpha value is -0.810. The highest BCUT2D eigenvalue weighted by Crippen LogP contribution is 2.07. The third kappa shape index (κ3) is 6.81. The minimum atomic E-state index is 0.789. The van der Waals surface area contributed by atoms with Crippen LogP contribution >= 0.6 is 0 Å². The van der Waals surface area contributed by atoms with Crippen LogP contribution in [0.2, 0.25) is 0 Å². The first-order chi connectivity index (χ1) is 8.86. The van der Waals surface area contributed by atoms with Crippen molar-refractivity contribution in [2.75, 3.05) is 53.5 Å². The molecule has 0 saturated carbocycles. The van der Waals surface area contributed by atoms with Gasteiger partial charge in [0.25, 0.3) is 0 Å². The average molecular weight is 256 g/mol. The summed E-state index contributed by atoms with van der Waals surface area (Å²) in [5, 5.41) is 6.63. The lowest BCUT2D eigenvalue weighted by molar-refractivity contribution is 0.195. The smallest absolute Gasteiger partial charge is 0.191 e. The van der Waals surface area contributed by atoms with Crippen LogP contribution in [0.4, 0.5) is 0 Å². The second-order valence-electron chi connectivity index (χ2n) is 4.67. The molecule has 0 spiro atoms.